The lowest BCUT2D eigenvalue weighted by molar-refractivity contribution is -0.120. The summed E-state index contributed by atoms with van der Waals surface area (Å²) in [5, 5.41) is 11.1. The van der Waals surface area contributed by atoms with Crippen molar-refractivity contribution < 1.29 is 31.9 Å². The van der Waals surface area contributed by atoms with Crippen LogP contribution in [0.1, 0.15) is 30.3 Å². The molecular formula is C21H23N3O7S. The maximum absolute atomic E-state index is 12.8. The maximum Gasteiger partial charge on any atom is 0.374 e. The van der Waals surface area contributed by atoms with Crippen molar-refractivity contribution in [2.75, 3.05) is 31.6 Å². The highest BCUT2D eigenvalue weighted by molar-refractivity contribution is 7.89. The lowest BCUT2D eigenvalue weighted by atomic mass is 9.97. The zero-order chi connectivity index (χ0) is 23.1. The number of amides is 1. The lowest BCUT2D eigenvalue weighted by Crippen LogP contribution is -2.41. The average molecular weight is 461 g/mol. The number of nitrogens with one attached hydrogen (secondary N) is 1. The molecule has 0 bridgehead atoms. The first-order valence-electron chi connectivity index (χ1n) is 10.0. The van der Waals surface area contributed by atoms with Gasteiger partial charge in [-0.05, 0) is 44.0 Å². The van der Waals surface area contributed by atoms with Crippen molar-refractivity contribution in [1.29, 1.82) is 5.26 Å². The van der Waals surface area contributed by atoms with Crippen LogP contribution < -0.4 is 10.1 Å². The summed E-state index contributed by atoms with van der Waals surface area (Å²) in [5.41, 5.74) is 0.530. The Bertz CT molecular complexity index is 1110. The minimum absolute atomic E-state index is 0.0959. The predicted molar refractivity (Wildman–Crippen MR) is 112 cm³/mol. The van der Waals surface area contributed by atoms with Gasteiger partial charge in [0.1, 0.15) is 11.8 Å². The molecule has 1 N–H and O–H groups in total. The molecule has 2 heterocycles. The monoisotopic (exact) mass is 461 g/mol. The first-order valence-corrected chi connectivity index (χ1v) is 11.5. The summed E-state index contributed by atoms with van der Waals surface area (Å²) in [6.45, 7) is 1.97. The summed E-state index contributed by atoms with van der Waals surface area (Å²) in [5.74, 6) is -1.03. The number of esters is 1. The Morgan fingerprint density at radius 1 is 1.25 bits per heavy atom. The van der Waals surface area contributed by atoms with Gasteiger partial charge in [-0.2, -0.15) is 9.57 Å². The number of anilines is 1. The number of rotatable bonds is 8. The van der Waals surface area contributed by atoms with Gasteiger partial charge in [0.2, 0.25) is 16.8 Å². The van der Waals surface area contributed by atoms with Gasteiger partial charge in [-0.15, -0.1) is 0 Å². The van der Waals surface area contributed by atoms with Gasteiger partial charge < -0.3 is 19.2 Å². The molecule has 1 saturated heterocycles. The molecule has 32 heavy (non-hydrogen) atoms. The van der Waals surface area contributed by atoms with Crippen molar-refractivity contribution in [1.82, 2.24) is 4.31 Å². The van der Waals surface area contributed by atoms with Crippen LogP contribution in [0.3, 0.4) is 0 Å². The predicted octanol–water partition coefficient (Wildman–Crippen LogP) is 2.40. The van der Waals surface area contributed by atoms with E-state index in [0.29, 0.717) is 24.3 Å². The van der Waals surface area contributed by atoms with Crippen LogP contribution in [-0.2, 0) is 19.6 Å². The third kappa shape index (κ3) is 5.46. The van der Waals surface area contributed by atoms with E-state index in [-0.39, 0.29) is 49.0 Å². The number of carbonyl (C=O) groups excluding carboxylic acids is 2. The minimum Gasteiger partial charge on any atom is -0.479 e. The number of carbonyl (C=O) groups is 2. The second-order valence-electron chi connectivity index (χ2n) is 6.98. The highest BCUT2D eigenvalue weighted by Crippen LogP contribution is 2.26. The van der Waals surface area contributed by atoms with E-state index < -0.39 is 16.0 Å². The molecule has 2 aromatic rings. The van der Waals surface area contributed by atoms with Crippen molar-refractivity contribution in [2.24, 2.45) is 5.92 Å². The Hall–Kier alpha value is -3.36. The molecule has 1 aliphatic heterocycles. The number of sulfonamides is 1. The van der Waals surface area contributed by atoms with Crippen LogP contribution in [0.15, 0.2) is 45.9 Å². The Morgan fingerprint density at radius 3 is 2.69 bits per heavy atom. The lowest BCUT2D eigenvalue weighted by Gasteiger charge is -2.29. The van der Waals surface area contributed by atoms with E-state index in [9.17, 15) is 18.0 Å². The average Bonchev–Trinajstić information content (AvgIpc) is 3.30. The van der Waals surface area contributed by atoms with Crippen molar-refractivity contribution in [2.45, 2.75) is 24.9 Å². The van der Waals surface area contributed by atoms with Gasteiger partial charge in [0, 0.05) is 30.8 Å². The SMILES string of the molecule is CCOC(=O)c1ccc(S(=O)(=O)N2CCC(C(=O)Nc3cccc(OCC#N)c3)CC2)o1. The number of nitrogens with zero attached hydrogens (tertiary/aromatic N) is 2. The van der Waals surface area contributed by atoms with Gasteiger partial charge in [0.25, 0.3) is 10.0 Å². The standard InChI is InChI=1S/C21H23N3O7S/c1-2-29-21(26)18-6-7-19(31-18)32(27,28)24-11-8-15(9-12-24)20(25)23-16-4-3-5-17(14-16)30-13-10-22/h3-7,14-15H,2,8-9,11-13H2,1H3,(H,23,25). The maximum atomic E-state index is 12.8. The Balaban J connectivity index is 1.58. The van der Waals surface area contributed by atoms with Crippen LogP contribution in [-0.4, -0.2) is 50.9 Å². The van der Waals surface area contributed by atoms with Gasteiger partial charge in [-0.3, -0.25) is 4.79 Å². The molecule has 3 rings (SSSR count). The van der Waals surface area contributed by atoms with Crippen molar-refractivity contribution >= 4 is 27.6 Å². The minimum atomic E-state index is -3.93. The second-order valence-corrected chi connectivity index (χ2v) is 8.85. The van der Waals surface area contributed by atoms with Crippen molar-refractivity contribution in [3.8, 4) is 11.8 Å². The normalized spacial score (nSPS) is 15.0. The molecule has 1 aromatic heterocycles. The second kappa shape index (κ2) is 10.3. The number of benzene rings is 1. The molecule has 0 radical (unpaired) electrons. The summed E-state index contributed by atoms with van der Waals surface area (Å²) < 4.78 is 42.1. The molecule has 1 aromatic carbocycles. The Kier molecular flexibility index (Phi) is 7.50. The van der Waals surface area contributed by atoms with Crippen molar-refractivity contribution in [3.63, 3.8) is 0 Å². The smallest absolute Gasteiger partial charge is 0.374 e. The molecule has 0 saturated carbocycles. The molecule has 170 valence electrons. The Morgan fingerprint density at radius 2 is 2.00 bits per heavy atom. The largest absolute Gasteiger partial charge is 0.479 e. The van der Waals surface area contributed by atoms with E-state index in [4.69, 9.17) is 19.2 Å². The third-order valence-corrected chi connectivity index (χ3v) is 6.65. The van der Waals surface area contributed by atoms with E-state index in [0.717, 1.165) is 0 Å². The molecule has 1 fully saturated rings. The van der Waals surface area contributed by atoms with E-state index in [1.165, 1.54) is 16.4 Å². The zero-order valence-corrected chi connectivity index (χ0v) is 18.3. The first kappa shape index (κ1) is 23.3. The molecule has 0 atom stereocenters. The van der Waals surface area contributed by atoms with Crippen LogP contribution in [0.25, 0.3) is 0 Å². The molecule has 1 aliphatic rings. The number of hydrogen-bond donors (Lipinski definition) is 1. The van der Waals surface area contributed by atoms with Crippen LogP contribution in [0, 0.1) is 17.2 Å². The van der Waals surface area contributed by atoms with Gasteiger partial charge in [0.15, 0.2) is 6.61 Å². The van der Waals surface area contributed by atoms with Gasteiger partial charge in [-0.25, -0.2) is 13.2 Å². The van der Waals surface area contributed by atoms with E-state index >= 15 is 0 Å². The van der Waals surface area contributed by atoms with Crippen LogP contribution >= 0.6 is 0 Å². The zero-order valence-electron chi connectivity index (χ0n) is 17.4. The number of nitriles is 1. The summed E-state index contributed by atoms with van der Waals surface area (Å²) in [6.07, 6.45) is 0.669. The molecule has 1 amide bonds. The topological polar surface area (TPSA) is 139 Å². The summed E-state index contributed by atoms with van der Waals surface area (Å²) >= 11 is 0. The summed E-state index contributed by atoms with van der Waals surface area (Å²) in [6, 6.07) is 11.1. The van der Waals surface area contributed by atoms with E-state index in [2.05, 4.69) is 5.32 Å². The fraction of sp³-hybridized carbons (Fsp3) is 0.381. The molecular weight excluding hydrogens is 438 g/mol. The van der Waals surface area contributed by atoms with E-state index in [1.54, 1.807) is 31.2 Å². The van der Waals surface area contributed by atoms with E-state index in [1.807, 2.05) is 6.07 Å². The van der Waals surface area contributed by atoms with Crippen LogP contribution in [0.5, 0.6) is 5.75 Å². The molecule has 11 heteroatoms. The number of ether oxygens (including phenoxy) is 2. The first-order chi connectivity index (χ1) is 15.3. The van der Waals surface area contributed by atoms with Gasteiger partial charge >= 0.3 is 5.97 Å². The quantitative estimate of drug-likeness (QED) is 0.591. The van der Waals surface area contributed by atoms with Crippen LogP contribution in [0.2, 0.25) is 0 Å². The Labute approximate surface area is 185 Å². The molecule has 0 unspecified atom stereocenters. The fourth-order valence-electron chi connectivity index (χ4n) is 3.28. The van der Waals surface area contributed by atoms with Gasteiger partial charge in [-0.1, -0.05) is 6.07 Å². The third-order valence-electron chi connectivity index (χ3n) is 4.88. The number of piperidine rings is 1. The van der Waals surface area contributed by atoms with Crippen molar-refractivity contribution in [3.05, 3.63) is 42.2 Å². The number of furan rings is 1. The summed E-state index contributed by atoms with van der Waals surface area (Å²) in [4.78, 5) is 24.3. The highest BCUT2D eigenvalue weighted by atomic mass is 32.2. The van der Waals surface area contributed by atoms with Gasteiger partial charge in [0.05, 0.1) is 6.61 Å². The van der Waals surface area contributed by atoms with Crippen LogP contribution in [0.4, 0.5) is 5.69 Å². The molecule has 10 nitrogen and oxygen atoms in total. The molecule has 0 aliphatic carbocycles. The summed E-state index contributed by atoms with van der Waals surface area (Å²) in [7, 11) is -3.93. The fourth-order valence-corrected chi connectivity index (χ4v) is 4.66. The number of hydrogen-bond acceptors (Lipinski definition) is 8. The highest BCUT2D eigenvalue weighted by Gasteiger charge is 2.34. The molecule has 0 spiro atoms.